The van der Waals surface area contributed by atoms with Crippen molar-refractivity contribution in [1.29, 1.82) is 0 Å². The molecule has 0 heterocycles. The molecule has 0 bridgehead atoms. The van der Waals surface area contributed by atoms with Crippen molar-refractivity contribution in [2.45, 2.75) is 0 Å². The minimum atomic E-state index is -3.06. The summed E-state index contributed by atoms with van der Waals surface area (Å²) in [7, 11) is 20.0. The quantitative estimate of drug-likeness (QED) is 0.635. The van der Waals surface area contributed by atoms with Gasteiger partial charge in [0.05, 0.1) is 0 Å². The van der Waals surface area contributed by atoms with Gasteiger partial charge in [-0.15, -0.1) is 0 Å². The van der Waals surface area contributed by atoms with Gasteiger partial charge in [0.15, 0.2) is 0 Å². The van der Waals surface area contributed by atoms with Crippen molar-refractivity contribution in [2.24, 2.45) is 0 Å². The third-order valence-corrected chi connectivity index (χ3v) is 0. The number of rotatable bonds is 0. The summed E-state index contributed by atoms with van der Waals surface area (Å²) in [6.45, 7) is 0. The molecular weight excluding hydrogens is 271 g/mol. The van der Waals surface area contributed by atoms with Crippen molar-refractivity contribution in [3.63, 3.8) is 0 Å². The van der Waals surface area contributed by atoms with Gasteiger partial charge in [0.2, 0.25) is 0 Å². The Morgan fingerprint density at radius 3 is 0.800 bits per heavy atom. The molecule has 0 aliphatic heterocycles. The predicted molar refractivity (Wildman–Crippen MR) is 23.4 cm³/mol. The Morgan fingerprint density at radius 2 is 0.800 bits per heavy atom. The van der Waals surface area contributed by atoms with Crippen LogP contribution < -0.4 is 0 Å². The molecule has 0 unspecified atom stereocenters. The average Bonchev–Trinajstić information content (AvgIpc) is 0.722. The Hall–Kier alpha value is 1.85. The zero-order chi connectivity index (χ0) is 4.50. The van der Waals surface area contributed by atoms with E-state index in [4.69, 9.17) is 37.7 Å². The van der Waals surface area contributed by atoms with Crippen LogP contribution in [0.3, 0.4) is 0 Å². The fraction of sp³-hybridized carbons (Fsp3) is 0. The Labute approximate surface area is 49.2 Å². The minimum absolute atomic E-state index is 3.06. The molecule has 0 aromatic rings. The van der Waals surface area contributed by atoms with Gasteiger partial charge < -0.3 is 0 Å². The molecule has 0 aliphatic carbocycles. The van der Waals surface area contributed by atoms with Crippen LogP contribution >= 0.6 is 37.7 Å². The van der Waals surface area contributed by atoms with Gasteiger partial charge in [-0.05, 0) is 0 Å². The van der Waals surface area contributed by atoms with Gasteiger partial charge in [0.25, 0.3) is 0 Å². The number of hydrogen-bond acceptors (Lipinski definition) is 0. The zero-order valence-electron chi connectivity index (χ0n) is 1.83. The summed E-state index contributed by atoms with van der Waals surface area (Å²) in [6, 6.07) is 0. The third kappa shape index (κ3) is 25.4. The molecule has 0 atom stereocenters. The van der Waals surface area contributed by atoms with Gasteiger partial charge in [-0.2, -0.15) is 0 Å². The van der Waals surface area contributed by atoms with E-state index in [9.17, 15) is 0 Å². The van der Waals surface area contributed by atoms with Crippen molar-refractivity contribution < 1.29 is 11.9 Å². The Bertz CT molecular complexity index is 19.1. The molecular formula is Cl4Pt. The van der Waals surface area contributed by atoms with E-state index in [0.29, 0.717) is 0 Å². The van der Waals surface area contributed by atoms with E-state index in [2.05, 4.69) is 0 Å². The van der Waals surface area contributed by atoms with Gasteiger partial charge >= 0.3 is 49.6 Å². The average molecular weight is 271 g/mol. The van der Waals surface area contributed by atoms with Crippen LogP contribution in [0.4, 0.5) is 0 Å². The van der Waals surface area contributed by atoms with Crippen molar-refractivity contribution in [3.05, 3.63) is 0 Å². The Morgan fingerprint density at radius 1 is 0.800 bits per heavy atom. The third-order valence-electron chi connectivity index (χ3n) is 0. The maximum atomic E-state index is 5.01. The van der Waals surface area contributed by atoms with E-state index in [-0.39, 0.29) is 0 Å². The van der Waals surface area contributed by atoms with Crippen LogP contribution in [0, 0.1) is 0 Å². The summed E-state index contributed by atoms with van der Waals surface area (Å²) < 4.78 is 0. The van der Waals surface area contributed by atoms with Gasteiger partial charge in [-0.25, -0.2) is 0 Å². The summed E-state index contributed by atoms with van der Waals surface area (Å²) in [6.07, 6.45) is 0. The van der Waals surface area contributed by atoms with Gasteiger partial charge in [0.1, 0.15) is 0 Å². The first-order chi connectivity index (χ1) is 2.00. The first-order valence-corrected chi connectivity index (χ1v) is 11.7. The zero-order valence-corrected chi connectivity index (χ0v) is 7.12. The number of hydrogen-bond donors (Lipinski definition) is 0. The van der Waals surface area contributed by atoms with E-state index in [1.54, 1.807) is 0 Å². The molecule has 0 aromatic heterocycles. The van der Waals surface area contributed by atoms with E-state index in [0.717, 1.165) is 0 Å². The fourth-order valence-corrected chi connectivity index (χ4v) is 0. The molecule has 0 nitrogen and oxygen atoms in total. The second-order valence-electron chi connectivity index (χ2n) is 0.271. The maximum absolute atomic E-state index is 5.01. The second kappa shape index (κ2) is 2.23. The predicted octanol–water partition coefficient (Wildman–Crippen LogP) is 2.76. The molecule has 0 fully saturated rings. The van der Waals surface area contributed by atoms with Crippen LogP contribution in [-0.2, 0) is 11.9 Å². The topological polar surface area (TPSA) is 0 Å². The molecule has 0 aromatic carbocycles. The molecule has 0 aliphatic rings. The summed E-state index contributed by atoms with van der Waals surface area (Å²) in [5, 5.41) is 0. The van der Waals surface area contributed by atoms with Crippen LogP contribution in [-0.4, -0.2) is 0 Å². The van der Waals surface area contributed by atoms with E-state index >= 15 is 0 Å². The molecule has 5 heavy (non-hydrogen) atoms. The van der Waals surface area contributed by atoms with Crippen LogP contribution in [0.1, 0.15) is 0 Å². The summed E-state index contributed by atoms with van der Waals surface area (Å²) in [4.78, 5) is 0. The van der Waals surface area contributed by atoms with E-state index in [1.807, 2.05) is 0 Å². The first-order valence-electron chi connectivity index (χ1n) is 0.478. The molecule has 0 saturated heterocycles. The molecule has 5 heteroatoms. The molecule has 0 radical (unpaired) electrons. The van der Waals surface area contributed by atoms with Crippen LogP contribution in [0.25, 0.3) is 0 Å². The van der Waals surface area contributed by atoms with Crippen molar-refractivity contribution in [3.8, 4) is 0 Å². The monoisotopic (exact) mass is 269 g/mol. The van der Waals surface area contributed by atoms with E-state index < -0.39 is 11.9 Å². The van der Waals surface area contributed by atoms with Gasteiger partial charge in [0, 0.05) is 0 Å². The molecule has 0 rings (SSSR count). The standard InChI is InChI=1S/4ClH.Pt/h4*1H;/q;;;;+4/p-4/i;;;;1-66. The molecule has 38 valence electrons. The molecule has 0 saturated carbocycles. The first kappa shape index (κ1) is 6.85. The van der Waals surface area contributed by atoms with Crippen LogP contribution in [0.5, 0.6) is 0 Å². The van der Waals surface area contributed by atoms with Gasteiger partial charge in [-0.3, -0.25) is 0 Å². The Balaban J connectivity index is 3.02. The van der Waals surface area contributed by atoms with Crippen LogP contribution in [0.2, 0.25) is 0 Å². The van der Waals surface area contributed by atoms with Gasteiger partial charge in [-0.1, -0.05) is 0 Å². The molecule has 0 spiro atoms. The van der Waals surface area contributed by atoms with E-state index in [1.165, 1.54) is 0 Å². The summed E-state index contributed by atoms with van der Waals surface area (Å²) >= 11 is -3.06. The normalized spacial score (nSPS) is 15.2. The Kier molecular flexibility index (Phi) is 3.06. The second-order valence-corrected chi connectivity index (χ2v) is 20.0. The summed E-state index contributed by atoms with van der Waals surface area (Å²) in [5.41, 5.74) is 0. The molecule has 0 amide bonds. The van der Waals surface area contributed by atoms with Crippen molar-refractivity contribution in [2.75, 3.05) is 0 Å². The molecule has 0 N–H and O–H groups in total. The van der Waals surface area contributed by atoms with Crippen molar-refractivity contribution >= 4 is 37.7 Å². The fourth-order valence-electron chi connectivity index (χ4n) is 0. The summed E-state index contributed by atoms with van der Waals surface area (Å²) in [5.74, 6) is 0. The van der Waals surface area contributed by atoms with Crippen LogP contribution in [0.15, 0.2) is 0 Å². The SMILES string of the molecule is [Cl][129Pt]([Cl])([Cl])[Cl]. The number of halogens is 4. The van der Waals surface area contributed by atoms with Crippen molar-refractivity contribution in [1.82, 2.24) is 0 Å².